The van der Waals surface area contributed by atoms with Gasteiger partial charge in [0, 0.05) is 14.1 Å². The Bertz CT molecular complexity index is 361. The summed E-state index contributed by atoms with van der Waals surface area (Å²) in [6.45, 7) is 1.67. The van der Waals surface area contributed by atoms with Gasteiger partial charge >= 0.3 is 0 Å². The van der Waals surface area contributed by atoms with Crippen LogP contribution in [0.5, 0.6) is 0 Å². The number of aliphatic hydroxyl groups excluding tert-OH is 1. The van der Waals surface area contributed by atoms with E-state index < -0.39 is 0 Å². The Labute approximate surface area is 88.3 Å². The lowest BCUT2D eigenvalue weighted by molar-refractivity contribution is 0.0683. The molecule has 1 atom stereocenters. The zero-order chi connectivity index (χ0) is 11.6. The summed E-state index contributed by atoms with van der Waals surface area (Å²) in [5.41, 5.74) is 6.03. The average Bonchev–Trinajstić information content (AvgIpc) is 2.56. The molecule has 1 aromatic rings. The van der Waals surface area contributed by atoms with Crippen molar-refractivity contribution in [3.05, 3.63) is 11.8 Å². The monoisotopic (exact) mass is 212 g/mol. The van der Waals surface area contributed by atoms with Gasteiger partial charge in [0.25, 0.3) is 5.91 Å². The summed E-state index contributed by atoms with van der Waals surface area (Å²) in [6.07, 6.45) is 1.43. The molecule has 0 aliphatic rings. The zero-order valence-electron chi connectivity index (χ0n) is 9.14. The van der Waals surface area contributed by atoms with Crippen LogP contribution in [-0.4, -0.2) is 45.4 Å². The molecule has 84 valence electrons. The van der Waals surface area contributed by atoms with E-state index in [2.05, 4.69) is 5.10 Å². The van der Waals surface area contributed by atoms with E-state index in [1.807, 2.05) is 0 Å². The van der Waals surface area contributed by atoms with Crippen molar-refractivity contribution in [1.82, 2.24) is 14.7 Å². The molecule has 0 aromatic carbocycles. The summed E-state index contributed by atoms with van der Waals surface area (Å²) in [5, 5.41) is 12.8. The molecule has 1 rings (SSSR count). The molecular weight excluding hydrogens is 196 g/mol. The first-order valence-corrected chi connectivity index (χ1v) is 4.64. The zero-order valence-corrected chi connectivity index (χ0v) is 9.14. The van der Waals surface area contributed by atoms with Gasteiger partial charge in [-0.1, -0.05) is 0 Å². The van der Waals surface area contributed by atoms with Crippen LogP contribution in [-0.2, 0) is 7.05 Å². The second-order valence-electron chi connectivity index (χ2n) is 3.51. The van der Waals surface area contributed by atoms with Gasteiger partial charge in [-0.05, 0) is 6.92 Å². The summed E-state index contributed by atoms with van der Waals surface area (Å²) in [6, 6.07) is -0.239. The van der Waals surface area contributed by atoms with Crippen LogP contribution >= 0.6 is 0 Å². The molecule has 0 spiro atoms. The van der Waals surface area contributed by atoms with Crippen LogP contribution < -0.4 is 5.73 Å². The number of hydrogen-bond donors (Lipinski definition) is 2. The fourth-order valence-electron chi connectivity index (χ4n) is 1.12. The second-order valence-corrected chi connectivity index (χ2v) is 3.51. The largest absolute Gasteiger partial charge is 0.394 e. The number of anilines is 1. The van der Waals surface area contributed by atoms with Crippen molar-refractivity contribution in [2.75, 3.05) is 19.4 Å². The maximum absolute atomic E-state index is 11.9. The van der Waals surface area contributed by atoms with Crippen molar-refractivity contribution in [3.8, 4) is 0 Å². The highest BCUT2D eigenvalue weighted by molar-refractivity contribution is 5.98. The Morgan fingerprint density at radius 3 is 2.80 bits per heavy atom. The van der Waals surface area contributed by atoms with E-state index in [0.717, 1.165) is 0 Å². The Kier molecular flexibility index (Phi) is 3.31. The smallest absolute Gasteiger partial charge is 0.259 e. The van der Waals surface area contributed by atoms with Gasteiger partial charge in [-0.3, -0.25) is 9.48 Å². The molecule has 15 heavy (non-hydrogen) atoms. The maximum atomic E-state index is 11.9. The predicted molar refractivity (Wildman–Crippen MR) is 56.3 cm³/mol. The van der Waals surface area contributed by atoms with E-state index in [9.17, 15) is 4.79 Å². The lowest BCUT2D eigenvalue weighted by atomic mass is 10.2. The van der Waals surface area contributed by atoms with Crippen LogP contribution in [0, 0.1) is 0 Å². The minimum absolute atomic E-state index is 0.0809. The third-order valence-electron chi connectivity index (χ3n) is 2.46. The average molecular weight is 212 g/mol. The van der Waals surface area contributed by atoms with Crippen LogP contribution in [0.1, 0.15) is 17.3 Å². The van der Waals surface area contributed by atoms with E-state index in [1.54, 1.807) is 21.0 Å². The minimum Gasteiger partial charge on any atom is -0.394 e. The Balaban J connectivity index is 2.90. The maximum Gasteiger partial charge on any atom is 0.259 e. The Morgan fingerprint density at radius 1 is 1.80 bits per heavy atom. The van der Waals surface area contributed by atoms with Gasteiger partial charge in [0.15, 0.2) is 0 Å². The molecule has 6 heteroatoms. The highest BCUT2D eigenvalue weighted by Gasteiger charge is 2.20. The number of carbonyl (C=O) groups excluding carboxylic acids is 1. The molecular formula is C9H16N4O2. The van der Waals surface area contributed by atoms with Crippen LogP contribution in [0.2, 0.25) is 0 Å². The fourth-order valence-corrected chi connectivity index (χ4v) is 1.12. The number of rotatable bonds is 3. The highest BCUT2D eigenvalue weighted by Crippen LogP contribution is 2.13. The minimum atomic E-state index is -0.239. The molecule has 1 heterocycles. The number of likely N-dealkylation sites (N-methyl/N-ethyl adjacent to an activating group) is 1. The van der Waals surface area contributed by atoms with E-state index in [-0.39, 0.29) is 18.6 Å². The van der Waals surface area contributed by atoms with Crippen molar-refractivity contribution < 1.29 is 9.90 Å². The van der Waals surface area contributed by atoms with E-state index in [1.165, 1.54) is 15.8 Å². The van der Waals surface area contributed by atoms with E-state index in [4.69, 9.17) is 10.8 Å². The Morgan fingerprint density at radius 2 is 2.40 bits per heavy atom. The van der Waals surface area contributed by atoms with Gasteiger partial charge < -0.3 is 15.7 Å². The van der Waals surface area contributed by atoms with Gasteiger partial charge in [0.2, 0.25) is 0 Å². The molecule has 1 aromatic heterocycles. The topological polar surface area (TPSA) is 84.4 Å². The molecule has 0 fully saturated rings. The van der Waals surface area contributed by atoms with Crippen molar-refractivity contribution in [1.29, 1.82) is 0 Å². The number of hydrogen-bond acceptors (Lipinski definition) is 4. The molecule has 0 aliphatic carbocycles. The van der Waals surface area contributed by atoms with Gasteiger partial charge in [0.05, 0.1) is 18.8 Å². The number of nitrogens with zero attached hydrogens (tertiary/aromatic N) is 3. The van der Waals surface area contributed by atoms with Crippen LogP contribution in [0.25, 0.3) is 0 Å². The first-order valence-electron chi connectivity index (χ1n) is 4.64. The van der Waals surface area contributed by atoms with Gasteiger partial charge in [-0.2, -0.15) is 5.10 Å². The summed E-state index contributed by atoms with van der Waals surface area (Å²) >= 11 is 0. The van der Waals surface area contributed by atoms with Crippen molar-refractivity contribution in [2.45, 2.75) is 13.0 Å². The molecule has 0 saturated heterocycles. The number of nitrogens with two attached hydrogens (primary N) is 1. The lowest BCUT2D eigenvalue weighted by Crippen LogP contribution is -2.37. The molecule has 3 N–H and O–H groups in total. The predicted octanol–water partition coefficient (Wildman–Crippen LogP) is -0.545. The van der Waals surface area contributed by atoms with Crippen molar-refractivity contribution in [3.63, 3.8) is 0 Å². The highest BCUT2D eigenvalue weighted by atomic mass is 16.3. The molecule has 1 unspecified atom stereocenters. The van der Waals surface area contributed by atoms with E-state index >= 15 is 0 Å². The molecule has 6 nitrogen and oxygen atoms in total. The normalized spacial score (nSPS) is 12.5. The first-order chi connectivity index (χ1) is 6.99. The summed E-state index contributed by atoms with van der Waals surface area (Å²) in [7, 11) is 3.29. The first kappa shape index (κ1) is 11.5. The molecule has 1 amide bonds. The number of nitrogen functional groups attached to an aromatic ring is 1. The molecule has 0 saturated carbocycles. The number of aryl methyl sites for hydroxylation is 1. The second kappa shape index (κ2) is 4.31. The van der Waals surface area contributed by atoms with Crippen LogP contribution in [0.3, 0.4) is 0 Å². The number of aromatic nitrogens is 2. The van der Waals surface area contributed by atoms with Crippen LogP contribution in [0.4, 0.5) is 5.82 Å². The van der Waals surface area contributed by atoms with Gasteiger partial charge in [0.1, 0.15) is 11.4 Å². The number of amides is 1. The molecule has 0 radical (unpaired) electrons. The van der Waals surface area contributed by atoms with Gasteiger partial charge in [-0.25, -0.2) is 0 Å². The molecule has 0 aliphatic heterocycles. The number of carbonyl (C=O) groups is 1. The standard InChI is InChI=1S/C9H16N4O2/c1-6(5-14)12(2)9(15)7-4-11-13(3)8(7)10/h4,6,14H,5,10H2,1-3H3. The summed E-state index contributed by atoms with van der Waals surface area (Å²) in [5.74, 6) is 0.0964. The van der Waals surface area contributed by atoms with Crippen LogP contribution in [0.15, 0.2) is 6.20 Å². The molecule has 0 bridgehead atoms. The number of aliphatic hydroxyl groups is 1. The lowest BCUT2D eigenvalue weighted by Gasteiger charge is -2.22. The van der Waals surface area contributed by atoms with Crippen molar-refractivity contribution in [2.24, 2.45) is 7.05 Å². The van der Waals surface area contributed by atoms with Crippen molar-refractivity contribution >= 4 is 11.7 Å². The summed E-state index contributed by atoms with van der Waals surface area (Å²) < 4.78 is 1.44. The quantitative estimate of drug-likeness (QED) is 0.704. The summed E-state index contributed by atoms with van der Waals surface area (Å²) in [4.78, 5) is 13.3. The fraction of sp³-hybridized carbons (Fsp3) is 0.556. The SMILES string of the molecule is CC(CO)N(C)C(=O)c1cnn(C)c1N. The Hall–Kier alpha value is -1.56. The third kappa shape index (κ3) is 2.10. The van der Waals surface area contributed by atoms with E-state index in [0.29, 0.717) is 11.4 Å². The van der Waals surface area contributed by atoms with Gasteiger partial charge in [-0.15, -0.1) is 0 Å². The third-order valence-corrected chi connectivity index (χ3v) is 2.46.